The number of piperidine rings is 2. The van der Waals surface area contributed by atoms with Crippen molar-refractivity contribution in [2.24, 2.45) is 10.8 Å². The number of carbonyl (C=O) groups excluding carboxylic acids is 1. The Bertz CT molecular complexity index is 309. The minimum absolute atomic E-state index is 0. The summed E-state index contributed by atoms with van der Waals surface area (Å²) in [6.45, 7) is 12.6. The number of carbonyl (C=O) groups is 1. The second-order valence-corrected chi connectivity index (χ2v) is 6.66. The lowest BCUT2D eigenvalue weighted by Gasteiger charge is -2.68. The molecule has 16 heavy (non-hydrogen) atoms. The van der Waals surface area contributed by atoms with Gasteiger partial charge in [-0.2, -0.15) is 0 Å². The summed E-state index contributed by atoms with van der Waals surface area (Å²) < 4.78 is 0. The van der Waals surface area contributed by atoms with Crippen molar-refractivity contribution in [1.29, 1.82) is 0 Å². The minimum atomic E-state index is -0.110. The van der Waals surface area contributed by atoms with Crippen LogP contribution < -0.4 is 0 Å². The lowest BCUT2D eigenvalue weighted by atomic mass is 9.61. The van der Waals surface area contributed by atoms with Gasteiger partial charge >= 0.3 is 0 Å². The summed E-state index contributed by atoms with van der Waals surface area (Å²) in [6.07, 6.45) is 0. The molecule has 4 nitrogen and oxygen atoms in total. The summed E-state index contributed by atoms with van der Waals surface area (Å²) in [7, 11) is 0. The molecular weight excluding hydrogens is 204 g/mol. The lowest BCUT2D eigenvalue weighted by Crippen LogP contribution is -2.81. The molecule has 0 radical (unpaired) electrons. The summed E-state index contributed by atoms with van der Waals surface area (Å²) in [5.41, 5.74) is -0.0682. The molecule has 4 aliphatic heterocycles. The first-order valence-electron chi connectivity index (χ1n) is 5.83. The van der Waals surface area contributed by atoms with Gasteiger partial charge in [0.2, 0.25) is 0 Å². The molecule has 0 unspecified atom stereocenters. The van der Waals surface area contributed by atoms with Crippen LogP contribution in [0.3, 0.4) is 0 Å². The summed E-state index contributed by atoms with van der Waals surface area (Å²) in [5, 5.41) is 0. The standard InChI is InChI=1S/C12H20N2O.H2O/c1-10(2)13-5-11(3)6-14(10)8-12(4,7-13)9(11)15;/h5-8H2,1-4H3;1H2. The highest BCUT2D eigenvalue weighted by Gasteiger charge is 2.63. The van der Waals surface area contributed by atoms with E-state index in [-0.39, 0.29) is 22.0 Å². The van der Waals surface area contributed by atoms with Gasteiger partial charge in [-0.1, -0.05) is 13.8 Å². The van der Waals surface area contributed by atoms with Gasteiger partial charge in [0.15, 0.2) is 0 Å². The quantitative estimate of drug-likeness (QED) is 0.590. The third-order valence-corrected chi connectivity index (χ3v) is 4.80. The molecule has 0 aliphatic carbocycles. The highest BCUT2D eigenvalue weighted by atomic mass is 16.1. The van der Waals surface area contributed by atoms with Gasteiger partial charge in [-0.15, -0.1) is 0 Å². The fourth-order valence-electron chi connectivity index (χ4n) is 3.89. The molecule has 0 spiro atoms. The highest BCUT2D eigenvalue weighted by molar-refractivity contribution is 5.92. The molecule has 4 heteroatoms. The lowest BCUT2D eigenvalue weighted by molar-refractivity contribution is -0.219. The van der Waals surface area contributed by atoms with Crippen molar-refractivity contribution in [1.82, 2.24) is 9.80 Å². The molecule has 2 N–H and O–H groups in total. The average Bonchev–Trinajstić information content (AvgIpc) is 2.08. The van der Waals surface area contributed by atoms with Gasteiger partial charge in [-0.05, 0) is 13.8 Å². The van der Waals surface area contributed by atoms with Crippen molar-refractivity contribution >= 4 is 5.78 Å². The van der Waals surface area contributed by atoms with Crippen LogP contribution in [0.15, 0.2) is 0 Å². The van der Waals surface area contributed by atoms with Gasteiger partial charge in [0.05, 0.1) is 16.5 Å². The number of rotatable bonds is 0. The zero-order valence-corrected chi connectivity index (χ0v) is 10.6. The van der Waals surface area contributed by atoms with E-state index in [1.165, 1.54) is 0 Å². The Morgan fingerprint density at radius 1 is 0.875 bits per heavy atom. The molecule has 92 valence electrons. The molecular formula is C12H22N2O2. The summed E-state index contributed by atoms with van der Waals surface area (Å²) in [5.74, 6) is 0.498. The second kappa shape index (κ2) is 2.86. The Morgan fingerprint density at radius 3 is 1.50 bits per heavy atom. The maximum absolute atomic E-state index is 12.4. The minimum Gasteiger partial charge on any atom is -0.412 e. The predicted octanol–water partition coefficient (Wildman–Crippen LogP) is 0.124. The van der Waals surface area contributed by atoms with E-state index in [0.29, 0.717) is 5.78 Å². The highest BCUT2D eigenvalue weighted by Crippen LogP contribution is 2.50. The zero-order valence-electron chi connectivity index (χ0n) is 10.6. The van der Waals surface area contributed by atoms with Gasteiger partial charge in [-0.3, -0.25) is 14.6 Å². The van der Waals surface area contributed by atoms with E-state index >= 15 is 0 Å². The van der Waals surface area contributed by atoms with E-state index < -0.39 is 0 Å². The Balaban J connectivity index is 0.000000963. The number of hydrogen-bond acceptors (Lipinski definition) is 3. The SMILES string of the molecule is CC12CN3CC(C)(CN(C1)C3(C)C)C2=O.O. The van der Waals surface area contributed by atoms with Gasteiger partial charge in [-0.25, -0.2) is 0 Å². The van der Waals surface area contributed by atoms with Crippen molar-refractivity contribution in [3.05, 3.63) is 0 Å². The largest absolute Gasteiger partial charge is 0.412 e. The molecule has 0 aromatic heterocycles. The summed E-state index contributed by atoms with van der Waals surface area (Å²) >= 11 is 0. The van der Waals surface area contributed by atoms with E-state index in [9.17, 15) is 4.79 Å². The molecule has 0 saturated carbocycles. The number of ketones is 1. The van der Waals surface area contributed by atoms with Crippen LogP contribution in [0.25, 0.3) is 0 Å². The van der Waals surface area contributed by atoms with Crippen LogP contribution in [0.4, 0.5) is 0 Å². The molecule has 0 atom stereocenters. The number of Topliss-reactive ketones (excluding diaryl/α,β-unsaturated/α-hetero) is 1. The fourth-order valence-corrected chi connectivity index (χ4v) is 3.89. The van der Waals surface area contributed by atoms with Crippen molar-refractivity contribution < 1.29 is 10.3 Å². The summed E-state index contributed by atoms with van der Waals surface area (Å²) in [4.78, 5) is 17.3. The Morgan fingerprint density at radius 2 is 1.19 bits per heavy atom. The van der Waals surface area contributed by atoms with Gasteiger partial charge in [0.1, 0.15) is 5.78 Å². The van der Waals surface area contributed by atoms with Crippen molar-refractivity contribution in [3.63, 3.8) is 0 Å². The monoisotopic (exact) mass is 226 g/mol. The van der Waals surface area contributed by atoms with Gasteiger partial charge < -0.3 is 5.48 Å². The molecule has 0 aromatic carbocycles. The van der Waals surface area contributed by atoms with Crippen LogP contribution in [0.1, 0.15) is 27.7 Å². The Labute approximate surface area is 96.9 Å². The third-order valence-electron chi connectivity index (χ3n) is 4.80. The maximum Gasteiger partial charge on any atom is 0.149 e. The van der Waals surface area contributed by atoms with Crippen molar-refractivity contribution in [2.75, 3.05) is 26.2 Å². The maximum atomic E-state index is 12.4. The second-order valence-electron chi connectivity index (χ2n) is 6.66. The van der Waals surface area contributed by atoms with Crippen molar-refractivity contribution in [3.8, 4) is 0 Å². The molecule has 4 rings (SSSR count). The first-order valence-corrected chi connectivity index (χ1v) is 5.83. The van der Waals surface area contributed by atoms with E-state index in [4.69, 9.17) is 0 Å². The van der Waals surface area contributed by atoms with Crippen LogP contribution >= 0.6 is 0 Å². The van der Waals surface area contributed by atoms with Crippen LogP contribution in [0.5, 0.6) is 0 Å². The number of hydrogen-bond donors (Lipinski definition) is 0. The van der Waals surface area contributed by atoms with Gasteiger partial charge in [0, 0.05) is 26.2 Å². The van der Waals surface area contributed by atoms with Gasteiger partial charge in [0.25, 0.3) is 0 Å². The van der Waals surface area contributed by atoms with Crippen LogP contribution in [-0.4, -0.2) is 52.9 Å². The van der Waals surface area contributed by atoms with Crippen LogP contribution in [-0.2, 0) is 4.79 Å². The number of nitrogens with zero attached hydrogens (tertiary/aromatic N) is 2. The van der Waals surface area contributed by atoms with Crippen LogP contribution in [0, 0.1) is 10.8 Å². The molecule has 4 aliphatic rings. The Hall–Kier alpha value is -0.450. The first kappa shape index (κ1) is 12.0. The normalized spacial score (nSPS) is 52.6. The van der Waals surface area contributed by atoms with Crippen molar-refractivity contribution in [2.45, 2.75) is 33.4 Å². The first-order chi connectivity index (χ1) is 6.78. The fraction of sp³-hybridized carbons (Fsp3) is 0.917. The molecule has 0 amide bonds. The summed E-state index contributed by atoms with van der Waals surface area (Å²) in [6, 6.07) is 0. The Kier molecular flexibility index (Phi) is 2.15. The van der Waals surface area contributed by atoms with E-state index in [1.54, 1.807) is 0 Å². The van der Waals surface area contributed by atoms with E-state index in [2.05, 4.69) is 37.5 Å². The van der Waals surface area contributed by atoms with E-state index in [0.717, 1.165) is 26.2 Å². The predicted molar refractivity (Wildman–Crippen MR) is 62.1 cm³/mol. The molecule has 4 bridgehead atoms. The van der Waals surface area contributed by atoms with E-state index in [1.807, 2.05) is 0 Å². The smallest absolute Gasteiger partial charge is 0.149 e. The average molecular weight is 226 g/mol. The van der Waals surface area contributed by atoms with Crippen LogP contribution in [0.2, 0.25) is 0 Å². The molecule has 4 fully saturated rings. The molecule has 4 heterocycles. The molecule has 4 saturated heterocycles. The molecule has 0 aromatic rings. The topological polar surface area (TPSA) is 55.0 Å². The zero-order chi connectivity index (χ0) is 11.1. The third kappa shape index (κ3) is 1.13.